The fourth-order valence-electron chi connectivity index (χ4n) is 3.36. The Kier molecular flexibility index (Phi) is 9.02. The van der Waals surface area contributed by atoms with Crippen LogP contribution < -0.4 is 10.6 Å². The number of rotatable bonds is 7. The number of allylic oxidation sites excluding steroid dienone is 1. The molecule has 0 saturated carbocycles. The number of carbonyl (C=O) groups is 1. The maximum Gasteiger partial charge on any atom is 0.258 e. The number of carbonyl (C=O) groups excluding carboxylic acids is 1. The van der Waals surface area contributed by atoms with Crippen LogP contribution in [-0.4, -0.2) is 23.4 Å². The van der Waals surface area contributed by atoms with Crippen LogP contribution in [0.1, 0.15) is 67.9 Å². The van der Waals surface area contributed by atoms with E-state index in [4.69, 9.17) is 16.6 Å². The lowest BCUT2D eigenvalue weighted by molar-refractivity contribution is 0.0974. The fourth-order valence-corrected chi connectivity index (χ4v) is 3.48. The Morgan fingerprint density at radius 3 is 2.44 bits per heavy atom. The van der Waals surface area contributed by atoms with Crippen LogP contribution in [0.25, 0.3) is 0 Å². The minimum Gasteiger partial charge on any atom is -0.351 e. The van der Waals surface area contributed by atoms with Crippen molar-refractivity contribution in [1.82, 2.24) is 10.6 Å². The second kappa shape index (κ2) is 11.3. The van der Waals surface area contributed by atoms with Crippen molar-refractivity contribution in [3.05, 3.63) is 82.6 Å². The first-order valence-corrected chi connectivity index (χ1v) is 11.2. The minimum absolute atomic E-state index is 0.0266. The predicted octanol–water partition coefficient (Wildman–Crippen LogP) is 6.40. The Hall–Kier alpha value is -2.66. The summed E-state index contributed by atoms with van der Waals surface area (Å²) in [5, 5.41) is 6.01. The van der Waals surface area contributed by atoms with E-state index in [2.05, 4.69) is 48.4 Å². The van der Waals surface area contributed by atoms with E-state index in [1.54, 1.807) is 0 Å². The number of halogens is 2. The third-order valence-electron chi connectivity index (χ3n) is 4.88. The molecule has 2 aromatic carbocycles. The smallest absolute Gasteiger partial charge is 0.258 e. The number of nitrogens with zero attached hydrogens (tertiary/aromatic N) is 1. The Labute approximate surface area is 196 Å². The number of amides is 1. The molecule has 0 saturated heterocycles. The SMILES string of the molecule is C=CCC(CC(C)N=C(NC(=O)c1ccc(Cl)c(F)c1)NC(C)(C)C)c1ccc(C)cc1. The topological polar surface area (TPSA) is 53.5 Å². The summed E-state index contributed by atoms with van der Waals surface area (Å²) >= 11 is 5.73. The van der Waals surface area contributed by atoms with Crippen LogP contribution in [0.15, 0.2) is 60.1 Å². The molecule has 2 aromatic rings. The van der Waals surface area contributed by atoms with Gasteiger partial charge < -0.3 is 5.32 Å². The maximum atomic E-state index is 13.8. The second-order valence-electron chi connectivity index (χ2n) is 9.15. The summed E-state index contributed by atoms with van der Waals surface area (Å²) in [6, 6.07) is 12.4. The van der Waals surface area contributed by atoms with E-state index in [9.17, 15) is 9.18 Å². The molecule has 2 rings (SSSR count). The zero-order valence-corrected chi connectivity index (χ0v) is 20.3. The van der Waals surface area contributed by atoms with Crippen LogP contribution in [0.4, 0.5) is 4.39 Å². The van der Waals surface area contributed by atoms with Gasteiger partial charge in [-0.15, -0.1) is 6.58 Å². The van der Waals surface area contributed by atoms with Crippen molar-refractivity contribution in [1.29, 1.82) is 0 Å². The van der Waals surface area contributed by atoms with E-state index < -0.39 is 11.7 Å². The maximum absolute atomic E-state index is 13.8. The van der Waals surface area contributed by atoms with Crippen LogP contribution in [0.2, 0.25) is 5.02 Å². The zero-order valence-electron chi connectivity index (χ0n) is 19.5. The summed E-state index contributed by atoms with van der Waals surface area (Å²) < 4.78 is 13.8. The first-order valence-electron chi connectivity index (χ1n) is 10.8. The van der Waals surface area contributed by atoms with Gasteiger partial charge in [0.1, 0.15) is 5.82 Å². The molecule has 0 fully saturated rings. The Bertz CT molecular complexity index is 964. The lowest BCUT2D eigenvalue weighted by atomic mass is 9.89. The molecule has 172 valence electrons. The van der Waals surface area contributed by atoms with Crippen molar-refractivity contribution >= 4 is 23.5 Å². The number of hydrogen-bond acceptors (Lipinski definition) is 2. The predicted molar refractivity (Wildman–Crippen MR) is 132 cm³/mol. The summed E-state index contributed by atoms with van der Waals surface area (Å²) in [5.74, 6) is -0.472. The molecular weight excluding hydrogens is 425 g/mol. The van der Waals surface area contributed by atoms with Gasteiger partial charge in [0.05, 0.1) is 11.1 Å². The third kappa shape index (κ3) is 8.12. The van der Waals surface area contributed by atoms with Crippen molar-refractivity contribution in [3.63, 3.8) is 0 Å². The molecule has 0 bridgehead atoms. The molecule has 4 nitrogen and oxygen atoms in total. The van der Waals surface area contributed by atoms with Gasteiger partial charge >= 0.3 is 0 Å². The average molecular weight is 458 g/mol. The number of aliphatic imine (C=N–C) groups is 1. The lowest BCUT2D eigenvalue weighted by Gasteiger charge is -2.25. The molecule has 0 aliphatic heterocycles. The molecule has 32 heavy (non-hydrogen) atoms. The van der Waals surface area contributed by atoms with E-state index in [1.165, 1.54) is 23.3 Å². The monoisotopic (exact) mass is 457 g/mol. The van der Waals surface area contributed by atoms with Gasteiger partial charge in [-0.05, 0) is 77.1 Å². The summed E-state index contributed by atoms with van der Waals surface area (Å²) in [6.07, 6.45) is 3.54. The molecule has 0 aliphatic rings. The first kappa shape index (κ1) is 25.6. The molecule has 2 unspecified atom stereocenters. The van der Waals surface area contributed by atoms with Gasteiger partial charge in [0.25, 0.3) is 5.91 Å². The summed E-state index contributed by atoms with van der Waals surface area (Å²) in [7, 11) is 0. The normalized spacial score (nSPS) is 13.9. The van der Waals surface area contributed by atoms with Gasteiger partial charge in [-0.1, -0.05) is 47.5 Å². The van der Waals surface area contributed by atoms with Crippen molar-refractivity contribution in [2.75, 3.05) is 0 Å². The molecule has 0 aliphatic carbocycles. The number of benzene rings is 2. The van der Waals surface area contributed by atoms with E-state index in [1.807, 2.05) is 33.8 Å². The molecule has 2 N–H and O–H groups in total. The lowest BCUT2D eigenvalue weighted by Crippen LogP contribution is -2.49. The van der Waals surface area contributed by atoms with E-state index in [0.29, 0.717) is 5.96 Å². The van der Waals surface area contributed by atoms with Crippen LogP contribution in [0, 0.1) is 12.7 Å². The van der Waals surface area contributed by atoms with Crippen LogP contribution in [-0.2, 0) is 0 Å². The van der Waals surface area contributed by atoms with Crippen LogP contribution in [0.5, 0.6) is 0 Å². The molecular formula is C26H33ClFN3O. The van der Waals surface area contributed by atoms with Gasteiger partial charge in [0, 0.05) is 11.1 Å². The standard InChI is InChI=1S/C26H33ClFN3O/c1-7-8-20(19-11-9-17(2)10-12-19)15-18(3)29-25(31-26(4,5)6)30-24(32)21-13-14-22(27)23(28)16-21/h7,9-14,16,18,20H,1,8,15H2,2-6H3,(H2,29,30,31,32). The van der Waals surface area contributed by atoms with Crippen molar-refractivity contribution in [2.45, 2.75) is 65.0 Å². The highest BCUT2D eigenvalue weighted by Gasteiger charge is 2.19. The molecule has 2 atom stereocenters. The number of nitrogens with one attached hydrogen (secondary N) is 2. The van der Waals surface area contributed by atoms with E-state index in [-0.39, 0.29) is 28.1 Å². The summed E-state index contributed by atoms with van der Waals surface area (Å²) in [5.41, 5.74) is 2.31. The average Bonchev–Trinajstić information content (AvgIpc) is 2.69. The van der Waals surface area contributed by atoms with Crippen molar-refractivity contribution < 1.29 is 9.18 Å². The Morgan fingerprint density at radius 1 is 1.22 bits per heavy atom. The second-order valence-corrected chi connectivity index (χ2v) is 9.56. The molecule has 0 radical (unpaired) electrons. The van der Waals surface area contributed by atoms with Gasteiger partial charge in [-0.3, -0.25) is 10.1 Å². The highest BCUT2D eigenvalue weighted by Crippen LogP contribution is 2.27. The van der Waals surface area contributed by atoms with Crippen LogP contribution in [0.3, 0.4) is 0 Å². The molecule has 0 heterocycles. The molecule has 0 spiro atoms. The number of hydrogen-bond donors (Lipinski definition) is 2. The van der Waals surface area contributed by atoms with Gasteiger partial charge in [0.15, 0.2) is 5.96 Å². The van der Waals surface area contributed by atoms with Gasteiger partial charge in [-0.25, -0.2) is 9.38 Å². The zero-order chi connectivity index (χ0) is 23.9. The van der Waals surface area contributed by atoms with Gasteiger partial charge in [0.2, 0.25) is 0 Å². The fraction of sp³-hybridized carbons (Fsp3) is 0.385. The van der Waals surface area contributed by atoms with Crippen molar-refractivity contribution in [2.24, 2.45) is 4.99 Å². The van der Waals surface area contributed by atoms with E-state index in [0.717, 1.165) is 18.9 Å². The minimum atomic E-state index is -0.639. The largest absolute Gasteiger partial charge is 0.351 e. The Morgan fingerprint density at radius 2 is 1.88 bits per heavy atom. The molecule has 1 amide bonds. The third-order valence-corrected chi connectivity index (χ3v) is 5.19. The quantitative estimate of drug-likeness (QED) is 0.287. The van der Waals surface area contributed by atoms with Crippen molar-refractivity contribution in [3.8, 4) is 0 Å². The van der Waals surface area contributed by atoms with Gasteiger partial charge in [-0.2, -0.15) is 0 Å². The highest BCUT2D eigenvalue weighted by atomic mass is 35.5. The molecule has 0 aromatic heterocycles. The first-order chi connectivity index (χ1) is 15.0. The summed E-state index contributed by atoms with van der Waals surface area (Å²) in [4.78, 5) is 17.5. The highest BCUT2D eigenvalue weighted by molar-refractivity contribution is 6.30. The molecule has 6 heteroatoms. The van der Waals surface area contributed by atoms with E-state index >= 15 is 0 Å². The number of guanidine groups is 1. The Balaban J connectivity index is 2.22. The number of aryl methyl sites for hydroxylation is 1. The summed E-state index contributed by atoms with van der Waals surface area (Å²) in [6.45, 7) is 13.9. The van der Waals surface area contributed by atoms with Crippen LogP contribution >= 0.6 is 11.6 Å².